The van der Waals surface area contributed by atoms with Crippen molar-refractivity contribution >= 4 is 11.6 Å². The van der Waals surface area contributed by atoms with Gasteiger partial charge in [0.15, 0.2) is 5.82 Å². The van der Waals surface area contributed by atoms with Crippen LogP contribution in [0, 0.1) is 13.8 Å². The van der Waals surface area contributed by atoms with Crippen molar-refractivity contribution in [1.29, 1.82) is 0 Å². The summed E-state index contributed by atoms with van der Waals surface area (Å²) in [7, 11) is 1.58. The highest BCUT2D eigenvalue weighted by molar-refractivity contribution is 5.46. The molecule has 0 aliphatic carbocycles. The lowest BCUT2D eigenvalue weighted by atomic mass is 10.4. The van der Waals surface area contributed by atoms with Crippen molar-refractivity contribution in [2.45, 2.75) is 27.0 Å². The molecule has 8 heteroatoms. The Bertz CT molecular complexity index is 564. The molecule has 0 saturated heterocycles. The lowest BCUT2D eigenvalue weighted by Gasteiger charge is -2.08. The third-order valence-corrected chi connectivity index (χ3v) is 2.69. The fourth-order valence-electron chi connectivity index (χ4n) is 1.64. The number of aryl methyl sites for hydroxylation is 2. The van der Waals surface area contributed by atoms with Crippen LogP contribution in [0.5, 0.6) is 0 Å². The van der Waals surface area contributed by atoms with Crippen molar-refractivity contribution in [3.63, 3.8) is 0 Å². The van der Waals surface area contributed by atoms with E-state index in [1.165, 1.54) is 0 Å². The van der Waals surface area contributed by atoms with Gasteiger partial charge in [-0.2, -0.15) is 0 Å². The minimum Gasteiger partial charge on any atom is -0.444 e. The van der Waals surface area contributed by atoms with Gasteiger partial charge in [0.25, 0.3) is 0 Å². The molecule has 0 aliphatic heterocycles. The number of hydrogen-bond donors (Lipinski definition) is 3. The quantitative estimate of drug-likeness (QED) is 0.532. The molecule has 0 unspecified atom stereocenters. The van der Waals surface area contributed by atoms with Crippen LogP contribution in [0.2, 0.25) is 0 Å². The van der Waals surface area contributed by atoms with Gasteiger partial charge >= 0.3 is 0 Å². The van der Waals surface area contributed by atoms with Crippen molar-refractivity contribution in [2.75, 3.05) is 17.9 Å². The number of nitrogen functional groups attached to an aromatic ring is 1. The minimum atomic E-state index is 0.307. The highest BCUT2D eigenvalue weighted by Crippen LogP contribution is 2.13. The molecule has 108 valence electrons. The smallest absolute Gasteiger partial charge is 0.213 e. The number of nitrogens with one attached hydrogen (secondary N) is 2. The normalized spacial score (nSPS) is 10.6. The summed E-state index contributed by atoms with van der Waals surface area (Å²) in [6, 6.07) is 1.70. The average molecular weight is 278 g/mol. The van der Waals surface area contributed by atoms with Gasteiger partial charge in [0.05, 0.1) is 12.2 Å². The zero-order valence-corrected chi connectivity index (χ0v) is 11.7. The van der Waals surface area contributed by atoms with Gasteiger partial charge in [0.2, 0.25) is 5.89 Å². The molecule has 0 amide bonds. The number of oxazole rings is 1. The molecule has 0 aromatic carbocycles. The summed E-state index contributed by atoms with van der Waals surface area (Å²) in [6.45, 7) is 4.52. The van der Waals surface area contributed by atoms with Gasteiger partial charge in [-0.25, -0.2) is 20.8 Å². The second-order valence-corrected chi connectivity index (χ2v) is 4.23. The van der Waals surface area contributed by atoms with E-state index in [2.05, 4.69) is 25.7 Å². The number of ether oxygens (including phenoxy) is 1. The van der Waals surface area contributed by atoms with Gasteiger partial charge < -0.3 is 19.9 Å². The summed E-state index contributed by atoms with van der Waals surface area (Å²) in [4.78, 5) is 12.8. The maximum Gasteiger partial charge on any atom is 0.213 e. The first-order chi connectivity index (χ1) is 9.62. The maximum absolute atomic E-state index is 5.49. The number of rotatable bonds is 6. The van der Waals surface area contributed by atoms with Gasteiger partial charge in [-0.1, -0.05) is 0 Å². The average Bonchev–Trinajstić information content (AvgIpc) is 2.76. The van der Waals surface area contributed by atoms with Crippen molar-refractivity contribution in [3.05, 3.63) is 29.2 Å². The molecule has 0 spiro atoms. The summed E-state index contributed by atoms with van der Waals surface area (Å²) in [5.41, 5.74) is 3.38. The van der Waals surface area contributed by atoms with Crippen molar-refractivity contribution < 1.29 is 9.15 Å². The maximum atomic E-state index is 5.49. The number of methoxy groups -OCH3 is 1. The number of nitrogens with zero attached hydrogens (tertiary/aromatic N) is 3. The van der Waals surface area contributed by atoms with Crippen LogP contribution >= 0.6 is 0 Å². The summed E-state index contributed by atoms with van der Waals surface area (Å²) in [5.74, 6) is 8.45. The number of hydrazine groups is 1. The molecule has 2 rings (SSSR count). The van der Waals surface area contributed by atoms with Crippen LogP contribution in [0.4, 0.5) is 11.6 Å². The molecule has 20 heavy (non-hydrogen) atoms. The number of nitrogens with two attached hydrogens (primary N) is 1. The summed E-state index contributed by atoms with van der Waals surface area (Å²) >= 11 is 0. The topological polar surface area (TPSA) is 111 Å². The van der Waals surface area contributed by atoms with Crippen LogP contribution in [-0.2, 0) is 17.9 Å². The molecule has 0 fully saturated rings. The summed E-state index contributed by atoms with van der Waals surface area (Å²) in [5, 5.41) is 3.12. The van der Waals surface area contributed by atoms with E-state index in [0.717, 1.165) is 11.5 Å². The Kier molecular flexibility index (Phi) is 4.49. The van der Waals surface area contributed by atoms with Crippen LogP contribution in [0.25, 0.3) is 0 Å². The molecule has 2 aromatic rings. The molecular formula is C12H18N6O2. The van der Waals surface area contributed by atoms with Crippen LogP contribution in [0.15, 0.2) is 10.5 Å². The Labute approximate surface area is 116 Å². The number of hydrogen-bond acceptors (Lipinski definition) is 8. The van der Waals surface area contributed by atoms with Crippen LogP contribution in [0.1, 0.15) is 23.2 Å². The third kappa shape index (κ3) is 3.43. The zero-order chi connectivity index (χ0) is 14.5. The van der Waals surface area contributed by atoms with Crippen LogP contribution in [0.3, 0.4) is 0 Å². The van der Waals surface area contributed by atoms with E-state index in [1.54, 1.807) is 13.2 Å². The van der Waals surface area contributed by atoms with E-state index >= 15 is 0 Å². The van der Waals surface area contributed by atoms with E-state index in [0.29, 0.717) is 36.5 Å². The van der Waals surface area contributed by atoms with E-state index in [1.807, 2.05) is 13.8 Å². The number of anilines is 2. The SMILES string of the molecule is COCc1nc(NN)cc(NCc2nc(C)c(C)o2)n1. The molecule has 8 nitrogen and oxygen atoms in total. The van der Waals surface area contributed by atoms with Gasteiger partial charge in [-0.15, -0.1) is 0 Å². The van der Waals surface area contributed by atoms with Gasteiger partial charge in [0, 0.05) is 13.2 Å². The largest absolute Gasteiger partial charge is 0.444 e. The van der Waals surface area contributed by atoms with E-state index in [-0.39, 0.29) is 0 Å². The lowest BCUT2D eigenvalue weighted by Crippen LogP contribution is -2.12. The summed E-state index contributed by atoms with van der Waals surface area (Å²) < 4.78 is 10.5. The van der Waals surface area contributed by atoms with Crippen molar-refractivity contribution in [1.82, 2.24) is 15.0 Å². The third-order valence-electron chi connectivity index (χ3n) is 2.69. The first-order valence-corrected chi connectivity index (χ1v) is 6.12. The van der Waals surface area contributed by atoms with E-state index in [9.17, 15) is 0 Å². The standard InChI is InChI=1S/C12H18N6O2/c1-7-8(2)20-12(15-7)5-14-9-4-10(18-13)17-11(16-9)6-19-3/h4H,5-6,13H2,1-3H3,(H2,14,16,17,18). The summed E-state index contributed by atoms with van der Waals surface area (Å²) in [6.07, 6.45) is 0. The predicted octanol–water partition coefficient (Wildman–Crippen LogP) is 1.13. The molecule has 0 saturated carbocycles. The monoisotopic (exact) mass is 278 g/mol. The minimum absolute atomic E-state index is 0.307. The molecule has 0 radical (unpaired) electrons. The van der Waals surface area contributed by atoms with E-state index < -0.39 is 0 Å². The van der Waals surface area contributed by atoms with Gasteiger partial charge in [0.1, 0.15) is 24.0 Å². The molecule has 2 aromatic heterocycles. The molecular weight excluding hydrogens is 260 g/mol. The van der Waals surface area contributed by atoms with Crippen molar-refractivity contribution in [2.24, 2.45) is 5.84 Å². The van der Waals surface area contributed by atoms with E-state index in [4.69, 9.17) is 15.0 Å². The molecule has 2 heterocycles. The Hall–Kier alpha value is -2.19. The molecule has 0 atom stereocenters. The molecule has 0 aliphatic rings. The molecule has 0 bridgehead atoms. The van der Waals surface area contributed by atoms with Gasteiger partial charge in [-0.05, 0) is 13.8 Å². The first-order valence-electron chi connectivity index (χ1n) is 6.12. The Morgan fingerprint density at radius 2 is 2.00 bits per heavy atom. The predicted molar refractivity (Wildman–Crippen MR) is 73.9 cm³/mol. The van der Waals surface area contributed by atoms with Gasteiger partial charge in [-0.3, -0.25) is 0 Å². The second-order valence-electron chi connectivity index (χ2n) is 4.23. The Balaban J connectivity index is 2.09. The fourth-order valence-corrected chi connectivity index (χ4v) is 1.64. The number of aromatic nitrogens is 3. The van der Waals surface area contributed by atoms with Crippen LogP contribution < -0.4 is 16.6 Å². The Morgan fingerprint density at radius 3 is 2.60 bits per heavy atom. The fraction of sp³-hybridized carbons (Fsp3) is 0.417. The second kappa shape index (κ2) is 6.31. The lowest BCUT2D eigenvalue weighted by molar-refractivity contribution is 0.178. The van der Waals surface area contributed by atoms with Crippen molar-refractivity contribution in [3.8, 4) is 0 Å². The zero-order valence-electron chi connectivity index (χ0n) is 11.7. The highest BCUT2D eigenvalue weighted by atomic mass is 16.5. The first kappa shape index (κ1) is 14.2. The van der Waals surface area contributed by atoms with Crippen LogP contribution in [-0.4, -0.2) is 22.1 Å². The Morgan fingerprint density at radius 1 is 1.25 bits per heavy atom. The molecule has 4 N–H and O–H groups in total. The highest BCUT2D eigenvalue weighted by Gasteiger charge is 2.07.